The second kappa shape index (κ2) is 3.65. The largest absolute Gasteiger partial charge is 0.488 e. The zero-order valence-corrected chi connectivity index (χ0v) is 8.42. The van der Waals surface area contributed by atoms with Gasteiger partial charge in [-0.15, -0.1) is 0 Å². The molecule has 0 saturated heterocycles. The lowest BCUT2D eigenvalue weighted by atomic mass is 10.1. The van der Waals surface area contributed by atoms with Gasteiger partial charge in [-0.2, -0.15) is 0 Å². The van der Waals surface area contributed by atoms with Gasteiger partial charge in [0, 0.05) is 0 Å². The van der Waals surface area contributed by atoms with Gasteiger partial charge in [0.05, 0.1) is 0 Å². The maximum atomic E-state index is 5.68. The van der Waals surface area contributed by atoms with Gasteiger partial charge in [-0.1, -0.05) is 18.7 Å². The van der Waals surface area contributed by atoms with Gasteiger partial charge in [0.1, 0.15) is 11.4 Å². The van der Waals surface area contributed by atoms with E-state index in [1.165, 1.54) is 0 Å². The zero-order valence-electron chi connectivity index (χ0n) is 8.42. The predicted molar refractivity (Wildman–Crippen MR) is 54.8 cm³/mol. The van der Waals surface area contributed by atoms with E-state index in [0.29, 0.717) is 0 Å². The van der Waals surface area contributed by atoms with Crippen molar-refractivity contribution >= 4 is 0 Å². The molecule has 1 rings (SSSR count). The lowest BCUT2D eigenvalue weighted by molar-refractivity contribution is 0.131. The van der Waals surface area contributed by atoms with E-state index in [1.807, 2.05) is 45.0 Å². The molecule has 13 heavy (non-hydrogen) atoms. The van der Waals surface area contributed by atoms with E-state index in [1.54, 1.807) is 0 Å². The number of hydrogen-bond donors (Lipinski definition) is 0. The fourth-order valence-corrected chi connectivity index (χ4v) is 1.02. The fraction of sp³-hybridized carbons (Fsp3) is 0.333. The third kappa shape index (κ3) is 3.32. The third-order valence-electron chi connectivity index (χ3n) is 1.46. The average molecular weight is 175 g/mol. The van der Waals surface area contributed by atoms with Crippen LogP contribution < -0.4 is 4.74 Å². The van der Waals surface area contributed by atoms with Crippen LogP contribution in [0, 0.1) is 6.08 Å². The van der Waals surface area contributed by atoms with Crippen LogP contribution in [-0.4, -0.2) is 5.60 Å². The van der Waals surface area contributed by atoms with Crippen molar-refractivity contribution in [1.82, 2.24) is 0 Å². The van der Waals surface area contributed by atoms with Gasteiger partial charge in [-0.3, -0.25) is 0 Å². The van der Waals surface area contributed by atoms with Crippen molar-refractivity contribution in [2.24, 2.45) is 0 Å². The minimum Gasteiger partial charge on any atom is -0.488 e. The second-order valence-electron chi connectivity index (χ2n) is 3.92. The highest BCUT2D eigenvalue weighted by atomic mass is 16.5. The predicted octanol–water partition coefficient (Wildman–Crippen LogP) is 3.20. The Labute approximate surface area is 80.0 Å². The van der Waals surface area contributed by atoms with Crippen LogP contribution >= 0.6 is 0 Å². The fourth-order valence-electron chi connectivity index (χ4n) is 1.02. The van der Waals surface area contributed by atoms with E-state index >= 15 is 0 Å². The van der Waals surface area contributed by atoms with Gasteiger partial charge >= 0.3 is 0 Å². The summed E-state index contributed by atoms with van der Waals surface area (Å²) >= 11 is 0. The van der Waals surface area contributed by atoms with Crippen molar-refractivity contribution in [2.45, 2.75) is 26.4 Å². The maximum Gasteiger partial charge on any atom is 0.120 e. The van der Waals surface area contributed by atoms with Crippen LogP contribution in [0.5, 0.6) is 5.75 Å². The van der Waals surface area contributed by atoms with Gasteiger partial charge in [-0.25, -0.2) is 0 Å². The van der Waals surface area contributed by atoms with Gasteiger partial charge in [0.25, 0.3) is 0 Å². The zero-order chi connectivity index (χ0) is 9.90. The molecule has 0 fully saturated rings. The SMILES string of the molecule is C=[C]c1cccc(OC(C)(C)C)c1. The summed E-state index contributed by atoms with van der Waals surface area (Å²) in [7, 11) is 0. The molecule has 0 aromatic heterocycles. The Morgan fingerprint density at radius 3 is 2.54 bits per heavy atom. The van der Waals surface area contributed by atoms with E-state index in [-0.39, 0.29) is 5.60 Å². The van der Waals surface area contributed by atoms with E-state index in [9.17, 15) is 0 Å². The van der Waals surface area contributed by atoms with E-state index in [4.69, 9.17) is 4.74 Å². The number of hydrogen-bond acceptors (Lipinski definition) is 1. The lowest BCUT2D eigenvalue weighted by Gasteiger charge is -2.21. The van der Waals surface area contributed by atoms with E-state index in [2.05, 4.69) is 12.7 Å². The highest BCUT2D eigenvalue weighted by Gasteiger charge is 2.11. The lowest BCUT2D eigenvalue weighted by Crippen LogP contribution is -2.22. The van der Waals surface area contributed by atoms with Crippen molar-refractivity contribution in [3.8, 4) is 5.75 Å². The minimum atomic E-state index is -0.153. The molecule has 0 atom stereocenters. The number of ether oxygens (including phenoxy) is 1. The molecular weight excluding hydrogens is 160 g/mol. The summed E-state index contributed by atoms with van der Waals surface area (Å²) in [6.07, 6.45) is 2.82. The van der Waals surface area contributed by atoms with Gasteiger partial charge in [-0.05, 0) is 44.5 Å². The second-order valence-corrected chi connectivity index (χ2v) is 3.92. The summed E-state index contributed by atoms with van der Waals surface area (Å²) in [4.78, 5) is 0. The summed E-state index contributed by atoms with van der Waals surface area (Å²) < 4.78 is 5.68. The van der Waals surface area contributed by atoms with E-state index < -0.39 is 0 Å². The van der Waals surface area contributed by atoms with Crippen LogP contribution in [0.4, 0.5) is 0 Å². The first-order chi connectivity index (χ1) is 6.01. The molecule has 0 bridgehead atoms. The third-order valence-corrected chi connectivity index (χ3v) is 1.46. The van der Waals surface area contributed by atoms with Crippen LogP contribution in [0.2, 0.25) is 0 Å². The van der Waals surface area contributed by atoms with Crippen molar-refractivity contribution in [1.29, 1.82) is 0 Å². The Morgan fingerprint density at radius 1 is 1.31 bits per heavy atom. The van der Waals surface area contributed by atoms with Crippen molar-refractivity contribution in [3.05, 3.63) is 42.5 Å². The molecule has 1 aromatic rings. The highest BCUT2D eigenvalue weighted by Crippen LogP contribution is 2.18. The van der Waals surface area contributed by atoms with Crippen LogP contribution in [0.1, 0.15) is 26.3 Å². The summed E-state index contributed by atoms with van der Waals surface area (Å²) in [5, 5.41) is 0. The molecular formula is C12H15O. The van der Waals surface area contributed by atoms with Crippen LogP contribution in [-0.2, 0) is 0 Å². The Morgan fingerprint density at radius 2 is 2.00 bits per heavy atom. The molecule has 0 amide bonds. The molecule has 1 aromatic carbocycles. The van der Waals surface area contributed by atoms with Crippen molar-refractivity contribution in [3.63, 3.8) is 0 Å². The van der Waals surface area contributed by atoms with Gasteiger partial charge < -0.3 is 4.74 Å². The first-order valence-corrected chi connectivity index (χ1v) is 4.33. The van der Waals surface area contributed by atoms with Gasteiger partial charge in [0.15, 0.2) is 0 Å². The Balaban J connectivity index is 2.84. The quantitative estimate of drug-likeness (QED) is 0.670. The Kier molecular flexibility index (Phi) is 2.76. The molecule has 0 aliphatic heterocycles. The van der Waals surface area contributed by atoms with Crippen LogP contribution in [0.25, 0.3) is 0 Å². The summed E-state index contributed by atoms with van der Waals surface area (Å²) in [5.74, 6) is 0.862. The molecule has 1 nitrogen and oxygen atoms in total. The minimum absolute atomic E-state index is 0.153. The van der Waals surface area contributed by atoms with Crippen molar-refractivity contribution < 1.29 is 4.74 Å². The molecule has 1 radical (unpaired) electrons. The molecule has 0 aliphatic carbocycles. The maximum absolute atomic E-state index is 5.68. The molecule has 0 aliphatic rings. The van der Waals surface area contributed by atoms with Crippen molar-refractivity contribution in [2.75, 3.05) is 0 Å². The normalized spacial score (nSPS) is 11.0. The molecule has 0 spiro atoms. The average Bonchev–Trinajstić information content (AvgIpc) is 2.01. The molecule has 69 valence electrons. The Hall–Kier alpha value is -1.24. The smallest absolute Gasteiger partial charge is 0.120 e. The van der Waals surface area contributed by atoms with E-state index in [0.717, 1.165) is 11.3 Å². The summed E-state index contributed by atoms with van der Waals surface area (Å²) in [6.45, 7) is 9.66. The standard InChI is InChI=1S/C12H15O/c1-5-10-7-6-8-11(9-10)13-12(2,3)4/h6-9H,1H2,2-4H3. The van der Waals surface area contributed by atoms with Crippen LogP contribution in [0.15, 0.2) is 30.8 Å². The topological polar surface area (TPSA) is 9.23 Å². The molecule has 0 unspecified atom stereocenters. The number of benzene rings is 1. The summed E-state index contributed by atoms with van der Waals surface area (Å²) in [5.41, 5.74) is 0.807. The molecule has 0 N–H and O–H groups in total. The first-order valence-electron chi connectivity index (χ1n) is 4.33. The molecule has 0 heterocycles. The molecule has 0 saturated carbocycles. The summed E-state index contributed by atoms with van der Waals surface area (Å²) in [6, 6.07) is 7.75. The van der Waals surface area contributed by atoms with Crippen LogP contribution in [0.3, 0.4) is 0 Å². The molecule has 1 heteroatoms. The Bertz CT molecular complexity index is 294. The number of rotatable bonds is 2. The first kappa shape index (κ1) is 9.85. The monoisotopic (exact) mass is 175 g/mol. The highest BCUT2D eigenvalue weighted by molar-refractivity contribution is 5.31. The van der Waals surface area contributed by atoms with Gasteiger partial charge in [0.2, 0.25) is 0 Å².